The second-order valence-corrected chi connectivity index (χ2v) is 12.4. The maximum absolute atomic E-state index is 13.6. The second-order valence-electron chi connectivity index (χ2n) is 11.6. The quantitative estimate of drug-likeness (QED) is 0.166. The molecule has 3 aromatic carbocycles. The Hall–Kier alpha value is -4.55. The van der Waals surface area contributed by atoms with E-state index in [-0.39, 0.29) is 11.8 Å². The molecule has 1 aliphatic heterocycles. The maximum atomic E-state index is 13.6. The summed E-state index contributed by atoms with van der Waals surface area (Å²) in [7, 11) is 0. The standard InChI is InChI=1S/C35H37BrN4O2.C2HF3O2/c36-33-12-2-1-8-31(33)25-34(41)40(21-15-27-13-16-37-17-14-27)26-28-7-5-9-29(23-28)30-10-6-11-32(24-30)35(42)38-18-22-39-19-3-4-20-39;3-2(4,5)1(6)7/h1-2,5-14,16-17,23-24H,3-4,15,18-22,25-26H2,(H,38,42);(H,6,7). The first kappa shape index (κ1) is 37.3. The van der Waals surface area contributed by atoms with Crippen molar-refractivity contribution >= 4 is 33.7 Å². The van der Waals surface area contributed by atoms with E-state index >= 15 is 0 Å². The van der Waals surface area contributed by atoms with E-state index in [9.17, 15) is 22.8 Å². The van der Waals surface area contributed by atoms with Crippen LogP contribution in [0.5, 0.6) is 0 Å². The number of aliphatic carboxylic acids is 1. The highest BCUT2D eigenvalue weighted by Gasteiger charge is 2.38. The number of carboxylic acid groups (broad SMARTS) is 1. The summed E-state index contributed by atoms with van der Waals surface area (Å²) in [5.41, 5.74) is 5.82. The van der Waals surface area contributed by atoms with Gasteiger partial charge in [-0.05, 0) is 96.6 Å². The minimum Gasteiger partial charge on any atom is -0.475 e. The molecule has 0 unspecified atom stereocenters. The first-order chi connectivity index (χ1) is 23.5. The maximum Gasteiger partial charge on any atom is 0.490 e. The smallest absolute Gasteiger partial charge is 0.475 e. The molecule has 0 bridgehead atoms. The van der Waals surface area contributed by atoms with E-state index in [0.29, 0.717) is 31.6 Å². The summed E-state index contributed by atoms with van der Waals surface area (Å²) in [5.74, 6) is -2.73. The van der Waals surface area contributed by atoms with E-state index in [1.165, 1.54) is 12.8 Å². The third-order valence-electron chi connectivity index (χ3n) is 7.99. The van der Waals surface area contributed by atoms with Crippen LogP contribution in [0, 0.1) is 0 Å². The highest BCUT2D eigenvalue weighted by atomic mass is 79.9. The fraction of sp³-hybridized carbons (Fsp3) is 0.297. The highest BCUT2D eigenvalue weighted by Crippen LogP contribution is 2.24. The molecule has 0 spiro atoms. The second kappa shape index (κ2) is 18.3. The zero-order valence-electron chi connectivity index (χ0n) is 26.8. The third kappa shape index (κ3) is 12.1. The van der Waals surface area contributed by atoms with Gasteiger partial charge in [0.15, 0.2) is 0 Å². The number of carbonyl (C=O) groups excluding carboxylic acids is 2. The average molecular weight is 740 g/mol. The molecule has 1 saturated heterocycles. The zero-order chi connectivity index (χ0) is 35.2. The van der Waals surface area contributed by atoms with Gasteiger partial charge in [0.25, 0.3) is 5.91 Å². The number of halogens is 4. The van der Waals surface area contributed by atoms with Crippen molar-refractivity contribution < 1.29 is 32.7 Å². The van der Waals surface area contributed by atoms with Crippen molar-refractivity contribution in [1.29, 1.82) is 0 Å². The molecule has 0 radical (unpaired) electrons. The van der Waals surface area contributed by atoms with E-state index in [2.05, 4.69) is 49.3 Å². The number of aromatic nitrogens is 1. The van der Waals surface area contributed by atoms with Crippen molar-refractivity contribution in [2.75, 3.05) is 32.7 Å². The average Bonchev–Trinajstić information content (AvgIpc) is 3.62. The van der Waals surface area contributed by atoms with Gasteiger partial charge in [-0.1, -0.05) is 64.5 Å². The number of nitrogens with zero attached hydrogens (tertiary/aromatic N) is 3. The largest absolute Gasteiger partial charge is 0.490 e. The number of nitrogens with one attached hydrogen (secondary N) is 1. The highest BCUT2D eigenvalue weighted by molar-refractivity contribution is 9.10. The predicted octanol–water partition coefficient (Wildman–Crippen LogP) is 6.78. The number of likely N-dealkylation sites (tertiary alicyclic amines) is 1. The van der Waals surface area contributed by atoms with Gasteiger partial charge >= 0.3 is 12.1 Å². The number of hydrogen-bond donors (Lipinski definition) is 2. The Bertz CT molecular complexity index is 1700. The Kier molecular flexibility index (Phi) is 13.9. The number of benzene rings is 3. The molecule has 2 amide bonds. The summed E-state index contributed by atoms with van der Waals surface area (Å²) in [6.07, 6.45) is 2.06. The Morgan fingerprint density at radius 3 is 2.20 bits per heavy atom. The van der Waals surface area contributed by atoms with E-state index in [1.807, 2.05) is 71.6 Å². The molecule has 2 heterocycles. The lowest BCUT2D eigenvalue weighted by atomic mass is 10.0. The molecule has 0 saturated carbocycles. The Balaban J connectivity index is 0.000000698. The van der Waals surface area contributed by atoms with Gasteiger partial charge in [-0.2, -0.15) is 13.2 Å². The predicted molar refractivity (Wildman–Crippen MR) is 185 cm³/mol. The van der Waals surface area contributed by atoms with Crippen LogP contribution in [0.3, 0.4) is 0 Å². The summed E-state index contributed by atoms with van der Waals surface area (Å²) >= 11 is 3.59. The van der Waals surface area contributed by atoms with Crippen LogP contribution < -0.4 is 5.32 Å². The Morgan fingerprint density at radius 1 is 0.878 bits per heavy atom. The van der Waals surface area contributed by atoms with E-state index in [4.69, 9.17) is 9.90 Å². The summed E-state index contributed by atoms with van der Waals surface area (Å²) in [4.78, 5) is 43.8. The van der Waals surface area contributed by atoms with Gasteiger partial charge in [-0.15, -0.1) is 0 Å². The Labute approximate surface area is 292 Å². The Morgan fingerprint density at radius 2 is 1.53 bits per heavy atom. The van der Waals surface area contributed by atoms with Crippen molar-refractivity contribution in [3.05, 3.63) is 124 Å². The molecular weight excluding hydrogens is 701 g/mol. The van der Waals surface area contributed by atoms with Crippen LogP contribution in [-0.2, 0) is 29.0 Å². The summed E-state index contributed by atoms with van der Waals surface area (Å²) < 4.78 is 32.7. The van der Waals surface area contributed by atoms with Crippen LogP contribution >= 0.6 is 15.9 Å². The van der Waals surface area contributed by atoms with Crippen LogP contribution in [0.2, 0.25) is 0 Å². The monoisotopic (exact) mass is 738 g/mol. The van der Waals surface area contributed by atoms with Gasteiger partial charge in [0.05, 0.1) is 6.42 Å². The van der Waals surface area contributed by atoms with Gasteiger partial charge < -0.3 is 20.2 Å². The number of rotatable bonds is 12. The number of carboxylic acids is 1. The van der Waals surface area contributed by atoms with Gasteiger partial charge in [0.1, 0.15) is 0 Å². The van der Waals surface area contributed by atoms with Crippen molar-refractivity contribution in [3.8, 4) is 11.1 Å². The van der Waals surface area contributed by atoms with Gasteiger partial charge in [0, 0.05) is 48.6 Å². The first-order valence-corrected chi connectivity index (χ1v) is 16.7. The first-order valence-electron chi connectivity index (χ1n) is 15.9. The molecule has 2 N–H and O–H groups in total. The molecule has 4 aromatic rings. The summed E-state index contributed by atoms with van der Waals surface area (Å²) in [5, 5.41) is 10.2. The fourth-order valence-corrected chi connectivity index (χ4v) is 5.79. The molecule has 258 valence electrons. The van der Waals surface area contributed by atoms with Gasteiger partial charge in [0.2, 0.25) is 5.91 Å². The number of hydrogen-bond acceptors (Lipinski definition) is 5. The lowest BCUT2D eigenvalue weighted by Gasteiger charge is -2.24. The SMILES string of the molecule is O=C(NCCN1CCCC1)c1cccc(-c2cccc(CN(CCc3ccncc3)C(=O)Cc3ccccc3Br)c2)c1.O=C(O)C(F)(F)F. The van der Waals surface area contributed by atoms with Crippen LogP contribution in [0.25, 0.3) is 11.1 Å². The van der Waals surface area contributed by atoms with Crippen LogP contribution in [0.1, 0.15) is 39.9 Å². The lowest BCUT2D eigenvalue weighted by Crippen LogP contribution is -2.33. The lowest BCUT2D eigenvalue weighted by molar-refractivity contribution is -0.192. The van der Waals surface area contributed by atoms with E-state index in [1.54, 1.807) is 12.4 Å². The molecule has 12 heteroatoms. The van der Waals surface area contributed by atoms with E-state index in [0.717, 1.165) is 58.3 Å². The summed E-state index contributed by atoms with van der Waals surface area (Å²) in [6, 6.07) is 27.9. The topological polar surface area (TPSA) is 103 Å². The molecule has 0 atom stereocenters. The molecule has 5 rings (SSSR count). The molecule has 8 nitrogen and oxygen atoms in total. The fourth-order valence-electron chi connectivity index (χ4n) is 5.37. The van der Waals surface area contributed by atoms with Crippen molar-refractivity contribution in [1.82, 2.24) is 20.1 Å². The summed E-state index contributed by atoms with van der Waals surface area (Å²) in [6.45, 7) is 4.90. The number of alkyl halides is 3. The molecular formula is C37H38BrF3N4O4. The normalized spacial score (nSPS) is 12.9. The van der Waals surface area contributed by atoms with Gasteiger partial charge in [-0.25, -0.2) is 4.79 Å². The number of amides is 2. The minimum absolute atomic E-state index is 0.0489. The van der Waals surface area contributed by atoms with Crippen LogP contribution in [0.4, 0.5) is 13.2 Å². The van der Waals surface area contributed by atoms with Crippen molar-refractivity contribution in [2.24, 2.45) is 0 Å². The van der Waals surface area contributed by atoms with E-state index < -0.39 is 12.1 Å². The molecule has 1 aliphatic rings. The third-order valence-corrected chi connectivity index (χ3v) is 8.76. The number of pyridine rings is 1. The van der Waals surface area contributed by atoms with Gasteiger partial charge in [-0.3, -0.25) is 14.6 Å². The molecule has 1 fully saturated rings. The van der Waals surface area contributed by atoms with Crippen LogP contribution in [0.15, 0.2) is 102 Å². The molecule has 49 heavy (non-hydrogen) atoms. The molecule has 1 aromatic heterocycles. The zero-order valence-corrected chi connectivity index (χ0v) is 28.4. The minimum atomic E-state index is -5.08. The van der Waals surface area contributed by atoms with Crippen LogP contribution in [-0.4, -0.2) is 76.6 Å². The number of carbonyl (C=O) groups is 3. The molecule has 0 aliphatic carbocycles. The van der Waals surface area contributed by atoms with Crippen molar-refractivity contribution in [2.45, 2.75) is 38.4 Å². The van der Waals surface area contributed by atoms with Crippen molar-refractivity contribution in [3.63, 3.8) is 0 Å².